The molecule has 0 aliphatic carbocycles. The Morgan fingerprint density at radius 2 is 1.62 bits per heavy atom. The summed E-state index contributed by atoms with van der Waals surface area (Å²) in [7, 11) is 0. The molecule has 0 saturated heterocycles. The summed E-state index contributed by atoms with van der Waals surface area (Å²) in [4.78, 5) is 0. The Bertz CT molecular complexity index is 418. The second kappa shape index (κ2) is 4.11. The average molecular weight is 191 g/mol. The molecule has 0 unspecified atom stereocenters. The average Bonchev–Trinajstić information content (AvgIpc) is 2.17. The molecular formula is C12H11Cl. The van der Waals surface area contributed by atoms with Crippen LogP contribution in [0.5, 0.6) is 0 Å². The van der Waals surface area contributed by atoms with Crippen LogP contribution in [0.2, 0.25) is 0 Å². The van der Waals surface area contributed by atoms with Crippen LogP contribution in [0.1, 0.15) is 5.56 Å². The van der Waals surface area contributed by atoms with E-state index in [2.05, 4.69) is 49.0 Å². The standard InChI is InChI=1S/C12H10.ClH/c1-2-10-7-8-11-5-3-4-6-12(11)9-10;/h2-9H,1H2;1H. The minimum absolute atomic E-state index is 0. The Kier molecular flexibility index (Phi) is 3.10. The fourth-order valence-corrected chi connectivity index (χ4v) is 1.33. The van der Waals surface area contributed by atoms with Crippen molar-refractivity contribution in [1.82, 2.24) is 0 Å². The molecule has 2 aromatic rings. The summed E-state index contributed by atoms with van der Waals surface area (Å²) in [6.45, 7) is 3.74. The molecular weight excluding hydrogens is 180 g/mol. The van der Waals surface area contributed by atoms with Gasteiger partial charge in [0, 0.05) is 0 Å². The van der Waals surface area contributed by atoms with Gasteiger partial charge in [-0.25, -0.2) is 0 Å². The fraction of sp³-hybridized carbons (Fsp3) is 0. The number of hydrogen-bond acceptors (Lipinski definition) is 0. The lowest BCUT2D eigenvalue weighted by Gasteiger charge is -1.97. The maximum absolute atomic E-state index is 3.74. The van der Waals surface area contributed by atoms with Gasteiger partial charge in [-0.2, -0.15) is 0 Å². The van der Waals surface area contributed by atoms with E-state index in [1.54, 1.807) is 0 Å². The lowest BCUT2D eigenvalue weighted by molar-refractivity contribution is 1.71. The Hall–Kier alpha value is -1.27. The molecule has 0 aliphatic rings. The van der Waals surface area contributed by atoms with E-state index in [1.165, 1.54) is 16.3 Å². The van der Waals surface area contributed by atoms with Crippen LogP contribution in [-0.2, 0) is 0 Å². The van der Waals surface area contributed by atoms with Gasteiger partial charge in [0.15, 0.2) is 0 Å². The first-order valence-electron chi connectivity index (χ1n) is 4.01. The van der Waals surface area contributed by atoms with Crippen LogP contribution >= 0.6 is 12.4 Å². The summed E-state index contributed by atoms with van der Waals surface area (Å²) < 4.78 is 0. The van der Waals surface area contributed by atoms with Crippen molar-refractivity contribution in [3.63, 3.8) is 0 Å². The molecule has 2 rings (SSSR count). The van der Waals surface area contributed by atoms with Crippen LogP contribution in [0.25, 0.3) is 16.8 Å². The van der Waals surface area contributed by atoms with Gasteiger partial charge in [0.05, 0.1) is 0 Å². The van der Waals surface area contributed by atoms with Crippen molar-refractivity contribution in [3.8, 4) is 0 Å². The second-order valence-electron chi connectivity index (χ2n) is 2.81. The van der Waals surface area contributed by atoms with E-state index in [1.807, 2.05) is 6.08 Å². The minimum Gasteiger partial charge on any atom is -0.147 e. The SMILES string of the molecule is C=Cc1ccc2ccccc2c1.Cl. The van der Waals surface area contributed by atoms with Crippen LogP contribution in [0.15, 0.2) is 49.0 Å². The number of benzene rings is 2. The van der Waals surface area contributed by atoms with Gasteiger partial charge in [-0.05, 0) is 22.4 Å². The largest absolute Gasteiger partial charge is 0.147 e. The van der Waals surface area contributed by atoms with E-state index in [-0.39, 0.29) is 12.4 Å². The molecule has 66 valence electrons. The van der Waals surface area contributed by atoms with Crippen molar-refractivity contribution in [2.24, 2.45) is 0 Å². The predicted molar refractivity (Wildman–Crippen MR) is 61.3 cm³/mol. The third-order valence-corrected chi connectivity index (χ3v) is 2.01. The highest BCUT2D eigenvalue weighted by Gasteiger charge is 1.90. The van der Waals surface area contributed by atoms with E-state index >= 15 is 0 Å². The molecule has 1 heteroatoms. The normalized spacial score (nSPS) is 9.23. The zero-order valence-corrected chi connectivity index (χ0v) is 8.05. The molecule has 0 amide bonds. The Morgan fingerprint density at radius 1 is 0.923 bits per heavy atom. The van der Waals surface area contributed by atoms with E-state index in [9.17, 15) is 0 Å². The van der Waals surface area contributed by atoms with Gasteiger partial charge >= 0.3 is 0 Å². The first kappa shape index (κ1) is 9.82. The maximum Gasteiger partial charge on any atom is -0.0178 e. The number of hydrogen-bond donors (Lipinski definition) is 0. The van der Waals surface area contributed by atoms with E-state index in [4.69, 9.17) is 0 Å². The summed E-state index contributed by atoms with van der Waals surface area (Å²) >= 11 is 0. The smallest absolute Gasteiger partial charge is 0.0178 e. The van der Waals surface area contributed by atoms with Crippen LogP contribution in [0.4, 0.5) is 0 Å². The Labute approximate surface area is 84.3 Å². The molecule has 0 saturated carbocycles. The van der Waals surface area contributed by atoms with Crippen molar-refractivity contribution in [2.75, 3.05) is 0 Å². The molecule has 0 aromatic heterocycles. The van der Waals surface area contributed by atoms with Crippen molar-refractivity contribution in [2.45, 2.75) is 0 Å². The van der Waals surface area contributed by atoms with Gasteiger partial charge in [-0.3, -0.25) is 0 Å². The molecule has 0 radical (unpaired) electrons. The van der Waals surface area contributed by atoms with Crippen LogP contribution < -0.4 is 0 Å². The highest BCUT2D eigenvalue weighted by Crippen LogP contribution is 2.15. The molecule has 0 aliphatic heterocycles. The third-order valence-electron chi connectivity index (χ3n) is 2.01. The fourth-order valence-electron chi connectivity index (χ4n) is 1.33. The summed E-state index contributed by atoms with van der Waals surface area (Å²) in [5, 5.41) is 2.55. The zero-order valence-electron chi connectivity index (χ0n) is 7.23. The third kappa shape index (κ3) is 1.90. The Balaban J connectivity index is 0.000000845. The van der Waals surface area contributed by atoms with Crippen molar-refractivity contribution >= 4 is 29.3 Å². The lowest BCUT2D eigenvalue weighted by Crippen LogP contribution is -1.73. The van der Waals surface area contributed by atoms with E-state index in [0.29, 0.717) is 0 Å². The second-order valence-corrected chi connectivity index (χ2v) is 2.81. The molecule has 0 heterocycles. The molecule has 0 spiro atoms. The van der Waals surface area contributed by atoms with Gasteiger partial charge in [0.1, 0.15) is 0 Å². The molecule has 13 heavy (non-hydrogen) atoms. The first-order valence-corrected chi connectivity index (χ1v) is 4.01. The van der Waals surface area contributed by atoms with Crippen LogP contribution in [0.3, 0.4) is 0 Å². The minimum atomic E-state index is 0. The molecule has 0 atom stereocenters. The monoisotopic (exact) mass is 190 g/mol. The van der Waals surface area contributed by atoms with Crippen LogP contribution in [0, 0.1) is 0 Å². The predicted octanol–water partition coefficient (Wildman–Crippen LogP) is 3.90. The van der Waals surface area contributed by atoms with Gasteiger partial charge in [-0.15, -0.1) is 12.4 Å². The van der Waals surface area contributed by atoms with Crippen molar-refractivity contribution in [3.05, 3.63) is 54.6 Å². The van der Waals surface area contributed by atoms with Crippen LogP contribution in [-0.4, -0.2) is 0 Å². The van der Waals surface area contributed by atoms with E-state index < -0.39 is 0 Å². The quantitative estimate of drug-likeness (QED) is 0.640. The topological polar surface area (TPSA) is 0 Å². The number of fused-ring (bicyclic) bond motifs is 1. The highest BCUT2D eigenvalue weighted by molar-refractivity contribution is 5.85. The molecule has 2 aromatic carbocycles. The van der Waals surface area contributed by atoms with Gasteiger partial charge in [-0.1, -0.05) is 49.1 Å². The van der Waals surface area contributed by atoms with Gasteiger partial charge < -0.3 is 0 Å². The summed E-state index contributed by atoms with van der Waals surface area (Å²) in [5.74, 6) is 0. The molecule has 0 nitrogen and oxygen atoms in total. The van der Waals surface area contributed by atoms with E-state index in [0.717, 1.165) is 0 Å². The highest BCUT2D eigenvalue weighted by atomic mass is 35.5. The van der Waals surface area contributed by atoms with Gasteiger partial charge in [0.2, 0.25) is 0 Å². The zero-order chi connectivity index (χ0) is 8.39. The van der Waals surface area contributed by atoms with Crippen molar-refractivity contribution < 1.29 is 0 Å². The van der Waals surface area contributed by atoms with Gasteiger partial charge in [0.25, 0.3) is 0 Å². The maximum atomic E-state index is 3.74. The molecule has 0 bridgehead atoms. The summed E-state index contributed by atoms with van der Waals surface area (Å²) in [6.07, 6.45) is 1.87. The first-order chi connectivity index (χ1) is 5.90. The lowest BCUT2D eigenvalue weighted by atomic mass is 10.1. The number of rotatable bonds is 1. The Morgan fingerprint density at radius 3 is 2.31 bits per heavy atom. The summed E-state index contributed by atoms with van der Waals surface area (Å²) in [5.41, 5.74) is 1.17. The van der Waals surface area contributed by atoms with Crippen molar-refractivity contribution in [1.29, 1.82) is 0 Å². The number of halogens is 1. The molecule has 0 N–H and O–H groups in total. The molecule has 0 fully saturated rings. The summed E-state index contributed by atoms with van der Waals surface area (Å²) in [6, 6.07) is 14.7.